The number of rotatable bonds is 2. The Balaban J connectivity index is 0.000000606. The van der Waals surface area contributed by atoms with Gasteiger partial charge in [-0.1, -0.05) is 45.9 Å². The predicted octanol–water partition coefficient (Wildman–Crippen LogP) is 4.39. The molecule has 0 aliphatic heterocycles. The lowest BCUT2D eigenvalue weighted by molar-refractivity contribution is 1.04. The van der Waals surface area contributed by atoms with E-state index in [4.69, 9.17) is 0 Å². The summed E-state index contributed by atoms with van der Waals surface area (Å²) in [4.78, 5) is 4.38. The fourth-order valence-corrected chi connectivity index (χ4v) is 1.65. The number of benzene rings is 1. The Kier molecular flexibility index (Phi) is 4.97. The first kappa shape index (κ1) is 12.7. The zero-order valence-electron chi connectivity index (χ0n) is 10.7. The molecule has 0 amide bonds. The van der Waals surface area contributed by atoms with Crippen LogP contribution in [0.1, 0.15) is 39.0 Å². The molecule has 0 aliphatic carbocycles. The SMILES string of the molecule is CC.CCc1ccc2cnc(CC)cc2c1. The van der Waals surface area contributed by atoms with Gasteiger partial charge in [-0.05, 0) is 29.9 Å². The van der Waals surface area contributed by atoms with Gasteiger partial charge in [-0.2, -0.15) is 0 Å². The van der Waals surface area contributed by atoms with Crippen LogP contribution < -0.4 is 0 Å². The van der Waals surface area contributed by atoms with Crippen LogP contribution in [0.4, 0.5) is 0 Å². The largest absolute Gasteiger partial charge is 0.261 e. The molecule has 1 heterocycles. The molecule has 1 aromatic heterocycles. The summed E-state index contributed by atoms with van der Waals surface area (Å²) in [6.07, 6.45) is 4.07. The first-order valence-electron chi connectivity index (χ1n) is 6.21. The number of aromatic nitrogens is 1. The van der Waals surface area contributed by atoms with Gasteiger partial charge >= 0.3 is 0 Å². The highest BCUT2D eigenvalue weighted by atomic mass is 14.7. The van der Waals surface area contributed by atoms with Gasteiger partial charge in [0.2, 0.25) is 0 Å². The Hall–Kier alpha value is -1.37. The molecule has 1 nitrogen and oxygen atoms in total. The van der Waals surface area contributed by atoms with Crippen LogP contribution in [0, 0.1) is 0 Å². The Morgan fingerprint density at radius 2 is 1.69 bits per heavy atom. The maximum atomic E-state index is 4.38. The first-order chi connectivity index (χ1) is 7.83. The van der Waals surface area contributed by atoms with Crippen LogP contribution >= 0.6 is 0 Å². The number of pyridine rings is 1. The summed E-state index contributed by atoms with van der Waals surface area (Å²) in [5.74, 6) is 0. The van der Waals surface area contributed by atoms with Crippen molar-refractivity contribution in [1.29, 1.82) is 0 Å². The maximum absolute atomic E-state index is 4.38. The zero-order valence-corrected chi connectivity index (χ0v) is 10.7. The third kappa shape index (κ3) is 2.82. The second-order valence-corrected chi connectivity index (χ2v) is 3.56. The van der Waals surface area contributed by atoms with Gasteiger partial charge in [-0.3, -0.25) is 4.98 Å². The molecule has 1 aromatic carbocycles. The Bertz CT molecular complexity index is 407. The standard InChI is InChI=1S/C13H15N.C2H6/c1-3-10-5-6-11-9-14-13(4-2)8-12(11)7-10;1-2/h5-9H,3-4H2,1-2H3;1-2H3. The summed E-state index contributed by atoms with van der Waals surface area (Å²) in [7, 11) is 0. The summed E-state index contributed by atoms with van der Waals surface area (Å²) in [6.45, 7) is 8.32. The van der Waals surface area contributed by atoms with Crippen molar-refractivity contribution in [1.82, 2.24) is 4.98 Å². The molecule has 0 spiro atoms. The van der Waals surface area contributed by atoms with E-state index in [1.54, 1.807) is 0 Å². The fourth-order valence-electron chi connectivity index (χ4n) is 1.65. The summed E-state index contributed by atoms with van der Waals surface area (Å²) < 4.78 is 0. The van der Waals surface area contributed by atoms with E-state index in [0.29, 0.717) is 0 Å². The topological polar surface area (TPSA) is 12.9 Å². The van der Waals surface area contributed by atoms with Crippen molar-refractivity contribution < 1.29 is 0 Å². The molecule has 0 fully saturated rings. The summed E-state index contributed by atoms with van der Waals surface area (Å²) in [5, 5.41) is 2.55. The molecule has 0 radical (unpaired) electrons. The minimum atomic E-state index is 1.01. The highest BCUT2D eigenvalue weighted by molar-refractivity contribution is 5.82. The van der Waals surface area contributed by atoms with E-state index in [0.717, 1.165) is 12.8 Å². The van der Waals surface area contributed by atoms with Gasteiger partial charge in [-0.25, -0.2) is 0 Å². The van der Waals surface area contributed by atoms with Crippen molar-refractivity contribution in [2.45, 2.75) is 40.5 Å². The summed E-state index contributed by atoms with van der Waals surface area (Å²) in [6, 6.07) is 8.78. The van der Waals surface area contributed by atoms with Gasteiger partial charge in [0.05, 0.1) is 0 Å². The molecular weight excluding hydrogens is 194 g/mol. The average molecular weight is 215 g/mol. The zero-order chi connectivity index (χ0) is 12.0. The molecule has 1 heteroatoms. The molecule has 0 aliphatic rings. The van der Waals surface area contributed by atoms with E-state index in [-0.39, 0.29) is 0 Å². The van der Waals surface area contributed by atoms with Gasteiger partial charge in [0.25, 0.3) is 0 Å². The van der Waals surface area contributed by atoms with Crippen molar-refractivity contribution in [2.24, 2.45) is 0 Å². The van der Waals surface area contributed by atoms with E-state index in [1.807, 2.05) is 20.0 Å². The van der Waals surface area contributed by atoms with Crippen molar-refractivity contribution in [3.8, 4) is 0 Å². The van der Waals surface area contributed by atoms with Crippen LogP contribution in [0.3, 0.4) is 0 Å². The lowest BCUT2D eigenvalue weighted by atomic mass is 10.1. The lowest BCUT2D eigenvalue weighted by Crippen LogP contribution is -1.87. The van der Waals surface area contributed by atoms with Crippen LogP contribution in [0.2, 0.25) is 0 Å². The first-order valence-corrected chi connectivity index (χ1v) is 6.21. The Morgan fingerprint density at radius 1 is 0.938 bits per heavy atom. The van der Waals surface area contributed by atoms with E-state index in [1.165, 1.54) is 22.0 Å². The third-order valence-electron chi connectivity index (χ3n) is 2.61. The highest BCUT2D eigenvalue weighted by Crippen LogP contribution is 2.16. The van der Waals surface area contributed by atoms with E-state index in [2.05, 4.69) is 43.1 Å². The minimum Gasteiger partial charge on any atom is -0.261 e. The average Bonchev–Trinajstić information content (AvgIpc) is 2.39. The van der Waals surface area contributed by atoms with E-state index >= 15 is 0 Å². The summed E-state index contributed by atoms with van der Waals surface area (Å²) >= 11 is 0. The molecule has 2 rings (SSSR count). The smallest absolute Gasteiger partial charge is 0.0407 e. The quantitative estimate of drug-likeness (QED) is 0.724. The van der Waals surface area contributed by atoms with Crippen molar-refractivity contribution in [2.75, 3.05) is 0 Å². The van der Waals surface area contributed by atoms with Gasteiger partial charge in [0.15, 0.2) is 0 Å². The Morgan fingerprint density at radius 3 is 2.31 bits per heavy atom. The van der Waals surface area contributed by atoms with Crippen molar-refractivity contribution >= 4 is 10.8 Å². The van der Waals surface area contributed by atoms with Gasteiger partial charge in [0, 0.05) is 17.3 Å². The Labute approximate surface area is 98.5 Å². The molecule has 0 atom stereocenters. The number of aryl methyl sites for hydroxylation is 2. The third-order valence-corrected chi connectivity index (χ3v) is 2.61. The normalized spacial score (nSPS) is 9.75. The van der Waals surface area contributed by atoms with Crippen LogP contribution in [0.5, 0.6) is 0 Å². The van der Waals surface area contributed by atoms with Crippen LogP contribution in [-0.4, -0.2) is 4.98 Å². The van der Waals surface area contributed by atoms with Gasteiger partial charge < -0.3 is 0 Å². The lowest BCUT2D eigenvalue weighted by Gasteiger charge is -2.02. The van der Waals surface area contributed by atoms with Gasteiger partial charge in [0.1, 0.15) is 0 Å². The molecule has 2 aromatic rings. The van der Waals surface area contributed by atoms with E-state index in [9.17, 15) is 0 Å². The second-order valence-electron chi connectivity index (χ2n) is 3.56. The number of hydrogen-bond donors (Lipinski definition) is 0. The molecule has 86 valence electrons. The van der Waals surface area contributed by atoms with Crippen molar-refractivity contribution in [3.63, 3.8) is 0 Å². The maximum Gasteiger partial charge on any atom is 0.0407 e. The fraction of sp³-hybridized carbons (Fsp3) is 0.400. The number of hydrogen-bond acceptors (Lipinski definition) is 1. The monoisotopic (exact) mass is 215 g/mol. The minimum absolute atomic E-state index is 1.01. The number of fused-ring (bicyclic) bond motifs is 1. The molecule has 16 heavy (non-hydrogen) atoms. The molecule has 0 saturated heterocycles. The predicted molar refractivity (Wildman–Crippen MR) is 71.8 cm³/mol. The van der Waals surface area contributed by atoms with Crippen molar-refractivity contribution in [3.05, 3.63) is 41.7 Å². The number of nitrogens with zero attached hydrogens (tertiary/aromatic N) is 1. The molecule has 0 saturated carbocycles. The van der Waals surface area contributed by atoms with E-state index < -0.39 is 0 Å². The van der Waals surface area contributed by atoms with Crippen LogP contribution in [0.25, 0.3) is 10.8 Å². The molecule has 0 N–H and O–H groups in total. The van der Waals surface area contributed by atoms with Gasteiger partial charge in [-0.15, -0.1) is 0 Å². The van der Waals surface area contributed by atoms with Crippen LogP contribution in [-0.2, 0) is 12.8 Å². The molecular formula is C15H21N. The molecule has 0 unspecified atom stereocenters. The molecule has 0 bridgehead atoms. The highest BCUT2D eigenvalue weighted by Gasteiger charge is 1.97. The summed E-state index contributed by atoms with van der Waals surface area (Å²) in [5.41, 5.74) is 2.57. The second kappa shape index (κ2) is 6.26. The van der Waals surface area contributed by atoms with Crippen LogP contribution in [0.15, 0.2) is 30.5 Å².